The lowest BCUT2D eigenvalue weighted by Crippen LogP contribution is -2.63. The molecule has 8 aliphatic carbocycles. The van der Waals surface area contributed by atoms with Crippen molar-refractivity contribution in [3.05, 3.63) is 71.8 Å². The van der Waals surface area contributed by atoms with Crippen LogP contribution in [0.15, 0.2) is 60.7 Å². The molecule has 49 heavy (non-hydrogen) atoms. The zero-order valence-electron chi connectivity index (χ0n) is 29.2. The first kappa shape index (κ1) is 35.1. The van der Waals surface area contributed by atoms with E-state index in [1.54, 1.807) is 0 Å². The molecule has 8 saturated carbocycles. The zero-order valence-corrected chi connectivity index (χ0v) is 29.2. The Balaban J connectivity index is 0.000000162. The molecule has 0 heterocycles. The minimum Gasteiger partial charge on any atom is -0.481 e. The highest BCUT2D eigenvalue weighted by molar-refractivity contribution is 5.84. The van der Waals surface area contributed by atoms with Gasteiger partial charge in [0, 0.05) is 7.11 Å². The predicted molar refractivity (Wildman–Crippen MR) is 180 cm³/mol. The summed E-state index contributed by atoms with van der Waals surface area (Å²) >= 11 is 0. The Hall–Kier alpha value is -3.72. The van der Waals surface area contributed by atoms with E-state index in [0.717, 1.165) is 58.5 Å². The van der Waals surface area contributed by atoms with Gasteiger partial charge in [-0.25, -0.2) is 0 Å². The van der Waals surface area contributed by atoms with E-state index < -0.39 is 27.6 Å². The van der Waals surface area contributed by atoms with E-state index in [4.69, 9.17) is 19.3 Å². The summed E-state index contributed by atoms with van der Waals surface area (Å²) in [4.78, 5) is 50.2. The standard InChI is InChI=1S/C20H24O4.C19H22O4.CH4O/c1-23-16(21)19-9-14-8-18(11-19,15-6-4-3-5-7-15)12-20(10-14,13-19)17(22)24-2;1-23-16(22)19-9-13-7-17(11-19,14-5-3-2-4-6-14)10-18(8-13,12-19)15(20)21;1-2/h3-7,14H,8-13H2,1-2H3;2-6,13H,7-12H2,1H3,(H,20,21);2H,1H3. The molecule has 8 aliphatic rings. The Morgan fingerprint density at radius 3 is 1.14 bits per heavy atom. The molecule has 264 valence electrons. The lowest BCUT2D eigenvalue weighted by atomic mass is 9.38. The third kappa shape index (κ3) is 5.47. The van der Waals surface area contributed by atoms with Gasteiger partial charge in [0.2, 0.25) is 0 Å². The van der Waals surface area contributed by atoms with Crippen LogP contribution >= 0.6 is 0 Å². The minimum atomic E-state index is -0.774. The van der Waals surface area contributed by atoms with Gasteiger partial charge in [-0.15, -0.1) is 0 Å². The van der Waals surface area contributed by atoms with Crippen LogP contribution in [0.2, 0.25) is 0 Å². The van der Waals surface area contributed by atoms with Gasteiger partial charge in [0.1, 0.15) is 0 Å². The maximum Gasteiger partial charge on any atom is 0.311 e. The fraction of sp³-hybridized carbons (Fsp3) is 0.600. The summed E-state index contributed by atoms with van der Waals surface area (Å²) in [6, 6.07) is 20.6. The molecule has 6 atom stereocenters. The van der Waals surface area contributed by atoms with Crippen molar-refractivity contribution < 1.29 is 43.6 Å². The number of benzene rings is 2. The third-order valence-electron chi connectivity index (χ3n) is 13.2. The van der Waals surface area contributed by atoms with Crippen molar-refractivity contribution in [2.45, 2.75) is 87.9 Å². The Bertz CT molecular complexity index is 1560. The molecular weight excluding hydrogens is 624 g/mol. The van der Waals surface area contributed by atoms with Gasteiger partial charge in [0.05, 0.1) is 43.0 Å². The number of carbonyl (C=O) groups excluding carboxylic acids is 3. The highest BCUT2D eigenvalue weighted by Gasteiger charge is 2.70. The maximum absolute atomic E-state index is 12.7. The maximum atomic E-state index is 12.7. The van der Waals surface area contributed by atoms with Crippen LogP contribution in [0.25, 0.3) is 0 Å². The number of rotatable bonds is 6. The van der Waals surface area contributed by atoms with E-state index >= 15 is 0 Å². The average molecular weight is 675 g/mol. The number of carbonyl (C=O) groups is 4. The van der Waals surface area contributed by atoms with Crippen molar-refractivity contribution in [1.29, 1.82) is 0 Å². The van der Waals surface area contributed by atoms with Crippen LogP contribution in [0, 0.1) is 33.5 Å². The number of aliphatic carboxylic acids is 1. The van der Waals surface area contributed by atoms with Crippen molar-refractivity contribution in [2.24, 2.45) is 33.5 Å². The van der Waals surface area contributed by atoms with Gasteiger partial charge in [-0.05, 0) is 111 Å². The molecule has 0 amide bonds. The number of esters is 3. The molecule has 0 saturated heterocycles. The molecule has 0 radical (unpaired) electrons. The fourth-order valence-electron chi connectivity index (χ4n) is 12.7. The number of hydrogen-bond acceptors (Lipinski definition) is 8. The first-order chi connectivity index (χ1) is 23.4. The van der Waals surface area contributed by atoms with Crippen LogP contribution in [0.3, 0.4) is 0 Å². The molecule has 9 heteroatoms. The van der Waals surface area contributed by atoms with Crippen molar-refractivity contribution in [3.8, 4) is 0 Å². The van der Waals surface area contributed by atoms with Crippen molar-refractivity contribution in [2.75, 3.05) is 28.4 Å². The first-order valence-electron chi connectivity index (χ1n) is 17.5. The van der Waals surface area contributed by atoms with Gasteiger partial charge >= 0.3 is 23.9 Å². The van der Waals surface area contributed by atoms with Crippen molar-refractivity contribution in [3.63, 3.8) is 0 Å². The van der Waals surface area contributed by atoms with E-state index in [9.17, 15) is 24.3 Å². The molecule has 8 bridgehead atoms. The highest BCUT2D eigenvalue weighted by Crippen LogP contribution is 2.72. The molecule has 2 aromatic carbocycles. The largest absolute Gasteiger partial charge is 0.481 e. The Morgan fingerprint density at radius 2 is 0.816 bits per heavy atom. The number of hydrogen-bond donors (Lipinski definition) is 2. The number of carboxylic acid groups (broad SMARTS) is 1. The quantitative estimate of drug-likeness (QED) is 0.279. The molecule has 10 rings (SSSR count). The molecule has 8 fully saturated rings. The number of carboxylic acids is 1. The number of ether oxygens (including phenoxy) is 3. The molecule has 0 aliphatic heterocycles. The molecule has 0 aromatic heterocycles. The SMILES string of the molecule is CO.COC(=O)C12CC3CC(C(=O)O)(C1)CC(c1ccccc1)(C3)C2.COC(=O)C12CC3CC(C(=O)OC)(C1)CC(c1ccccc1)(C3)C2. The summed E-state index contributed by atoms with van der Waals surface area (Å²) in [5.41, 5.74) is -0.378. The summed E-state index contributed by atoms with van der Waals surface area (Å²) in [5.74, 6) is -0.593. The minimum absolute atomic E-state index is 0.122. The molecule has 6 unspecified atom stereocenters. The molecule has 9 nitrogen and oxygen atoms in total. The van der Waals surface area contributed by atoms with Crippen LogP contribution in [0.1, 0.15) is 88.2 Å². The lowest BCUT2D eigenvalue weighted by molar-refractivity contribution is -0.195. The van der Waals surface area contributed by atoms with Crippen LogP contribution in [-0.2, 0) is 44.2 Å². The summed E-state index contributed by atoms with van der Waals surface area (Å²) in [6.45, 7) is 0. The van der Waals surface area contributed by atoms with Crippen molar-refractivity contribution in [1.82, 2.24) is 0 Å². The van der Waals surface area contributed by atoms with E-state index in [-0.39, 0.29) is 28.7 Å². The summed E-state index contributed by atoms with van der Waals surface area (Å²) in [6.07, 6.45) is 9.16. The Kier molecular flexibility index (Phi) is 9.00. The molecule has 2 aromatic rings. The van der Waals surface area contributed by atoms with E-state index in [2.05, 4.69) is 24.3 Å². The third-order valence-corrected chi connectivity index (χ3v) is 13.2. The second kappa shape index (κ2) is 12.6. The average Bonchev–Trinajstić information content (AvgIpc) is 3.11. The van der Waals surface area contributed by atoms with E-state index in [0.29, 0.717) is 37.5 Å². The Morgan fingerprint density at radius 1 is 0.510 bits per heavy atom. The smallest absolute Gasteiger partial charge is 0.311 e. The number of aliphatic hydroxyl groups excluding tert-OH is 1. The van der Waals surface area contributed by atoms with E-state index in [1.807, 2.05) is 36.4 Å². The van der Waals surface area contributed by atoms with Crippen LogP contribution in [0.5, 0.6) is 0 Å². The van der Waals surface area contributed by atoms with Gasteiger partial charge in [-0.3, -0.25) is 19.2 Å². The first-order valence-corrected chi connectivity index (χ1v) is 17.5. The normalized spacial score (nSPS) is 38.6. The van der Waals surface area contributed by atoms with Gasteiger partial charge in [-0.1, -0.05) is 60.7 Å². The monoisotopic (exact) mass is 674 g/mol. The van der Waals surface area contributed by atoms with Crippen LogP contribution < -0.4 is 0 Å². The highest BCUT2D eigenvalue weighted by atomic mass is 16.5. The predicted octanol–water partition coefficient (Wildman–Crippen LogP) is 6.00. The second-order valence-corrected chi connectivity index (χ2v) is 16.2. The summed E-state index contributed by atoms with van der Waals surface area (Å²) < 4.78 is 15.5. The second-order valence-electron chi connectivity index (χ2n) is 16.2. The van der Waals surface area contributed by atoms with Gasteiger partial charge in [0.15, 0.2) is 0 Å². The number of aliphatic hydroxyl groups is 1. The fourth-order valence-corrected chi connectivity index (χ4v) is 12.7. The topological polar surface area (TPSA) is 136 Å². The zero-order chi connectivity index (χ0) is 35.3. The van der Waals surface area contributed by atoms with Gasteiger partial charge in [-0.2, -0.15) is 0 Å². The summed E-state index contributed by atoms with van der Waals surface area (Å²) in [5, 5.41) is 17.0. The van der Waals surface area contributed by atoms with Crippen LogP contribution in [0.4, 0.5) is 0 Å². The van der Waals surface area contributed by atoms with E-state index in [1.165, 1.54) is 32.5 Å². The molecular formula is C40H50O9. The molecule has 0 spiro atoms. The Labute approximate surface area is 288 Å². The molecule has 2 N–H and O–H groups in total. The number of methoxy groups -OCH3 is 3. The van der Waals surface area contributed by atoms with Crippen molar-refractivity contribution >= 4 is 23.9 Å². The lowest BCUT2D eigenvalue weighted by Gasteiger charge is -2.64. The van der Waals surface area contributed by atoms with Gasteiger partial charge < -0.3 is 24.4 Å². The van der Waals surface area contributed by atoms with Crippen LogP contribution in [-0.4, -0.2) is 62.5 Å². The summed E-state index contributed by atoms with van der Waals surface area (Å²) in [7, 11) is 5.34. The van der Waals surface area contributed by atoms with Gasteiger partial charge in [0.25, 0.3) is 0 Å².